The van der Waals surface area contributed by atoms with E-state index in [0.717, 1.165) is 18.9 Å². The summed E-state index contributed by atoms with van der Waals surface area (Å²) >= 11 is 0. The summed E-state index contributed by atoms with van der Waals surface area (Å²) in [4.78, 5) is 16.1. The minimum absolute atomic E-state index is 0.197. The molecule has 2 aliphatic rings. The molecule has 1 aromatic carbocycles. The number of aromatic nitrogens is 2. The third-order valence-electron chi connectivity index (χ3n) is 5.82. The molecule has 4 rings (SSSR count). The molecule has 0 N–H and O–H groups in total. The van der Waals surface area contributed by atoms with Crippen LogP contribution in [0.5, 0.6) is 5.88 Å². The first kappa shape index (κ1) is 21.4. The number of rotatable bonds is 4. The van der Waals surface area contributed by atoms with Crippen LogP contribution in [0.25, 0.3) is 0 Å². The zero-order valence-corrected chi connectivity index (χ0v) is 17.1. The number of carbonyl (C=O) groups excluding carboxylic acids is 1. The van der Waals surface area contributed by atoms with Crippen molar-refractivity contribution in [1.29, 1.82) is 0 Å². The molecule has 0 spiro atoms. The lowest BCUT2D eigenvalue weighted by molar-refractivity contribution is -0.138. The number of ether oxygens (including phenoxy) is 1. The number of carbonyl (C=O) groups is 1. The Labute approximate surface area is 179 Å². The van der Waals surface area contributed by atoms with Crippen molar-refractivity contribution in [3.05, 3.63) is 47.5 Å². The van der Waals surface area contributed by atoms with Crippen LogP contribution in [0.2, 0.25) is 0 Å². The quantitative estimate of drug-likeness (QED) is 0.723. The van der Waals surface area contributed by atoms with Gasteiger partial charge in [-0.05, 0) is 43.9 Å². The summed E-state index contributed by atoms with van der Waals surface area (Å²) in [5.74, 6) is 0.571. The lowest BCUT2D eigenvalue weighted by Crippen LogP contribution is -2.49. The topological polar surface area (TPSA) is 58.6 Å². The molecule has 2 aromatic rings. The Balaban J connectivity index is 1.35. The van der Waals surface area contributed by atoms with Crippen molar-refractivity contribution in [2.24, 2.45) is 0 Å². The van der Waals surface area contributed by atoms with Gasteiger partial charge in [-0.3, -0.25) is 4.79 Å². The van der Waals surface area contributed by atoms with Crippen LogP contribution in [0, 0.1) is 0 Å². The lowest BCUT2D eigenvalue weighted by Gasteiger charge is -2.35. The van der Waals surface area contributed by atoms with E-state index in [1.807, 2.05) is 11.0 Å². The van der Waals surface area contributed by atoms with Crippen LogP contribution >= 0.6 is 0 Å². The second-order valence-corrected chi connectivity index (χ2v) is 7.93. The van der Waals surface area contributed by atoms with Crippen molar-refractivity contribution < 1.29 is 22.7 Å². The SMILES string of the molecule is O=C(c1ccccc1C(F)(F)F)N1CCN(c2ccc(OC3CCCCC3)nn2)CC1. The van der Waals surface area contributed by atoms with E-state index in [9.17, 15) is 18.0 Å². The van der Waals surface area contributed by atoms with Gasteiger partial charge in [-0.15, -0.1) is 10.2 Å². The number of alkyl halides is 3. The number of piperazine rings is 1. The van der Waals surface area contributed by atoms with E-state index in [4.69, 9.17) is 4.74 Å². The van der Waals surface area contributed by atoms with Crippen LogP contribution in [0.4, 0.5) is 19.0 Å². The average molecular weight is 434 g/mol. The summed E-state index contributed by atoms with van der Waals surface area (Å²) in [7, 11) is 0. The van der Waals surface area contributed by atoms with Crippen molar-refractivity contribution in [3.63, 3.8) is 0 Å². The van der Waals surface area contributed by atoms with Gasteiger partial charge in [0.25, 0.3) is 5.91 Å². The highest BCUT2D eigenvalue weighted by molar-refractivity contribution is 5.96. The highest BCUT2D eigenvalue weighted by Gasteiger charge is 2.36. The van der Waals surface area contributed by atoms with Crippen molar-refractivity contribution in [1.82, 2.24) is 15.1 Å². The van der Waals surface area contributed by atoms with Crippen molar-refractivity contribution in [2.45, 2.75) is 44.4 Å². The molecule has 0 bridgehead atoms. The zero-order valence-electron chi connectivity index (χ0n) is 17.1. The van der Waals surface area contributed by atoms with Gasteiger partial charge in [-0.1, -0.05) is 18.6 Å². The molecule has 1 saturated heterocycles. The van der Waals surface area contributed by atoms with E-state index in [0.29, 0.717) is 37.9 Å². The van der Waals surface area contributed by atoms with Gasteiger partial charge in [-0.25, -0.2) is 0 Å². The van der Waals surface area contributed by atoms with Crippen LogP contribution in [0.3, 0.4) is 0 Å². The minimum Gasteiger partial charge on any atom is -0.473 e. The van der Waals surface area contributed by atoms with Gasteiger partial charge in [0, 0.05) is 32.2 Å². The number of benzene rings is 1. The predicted octanol–water partition coefficient (Wildman–Crippen LogP) is 4.17. The Hall–Kier alpha value is -2.84. The lowest BCUT2D eigenvalue weighted by atomic mass is 9.98. The number of anilines is 1. The Morgan fingerprint density at radius 3 is 2.29 bits per heavy atom. The minimum atomic E-state index is -4.56. The highest BCUT2D eigenvalue weighted by atomic mass is 19.4. The molecule has 31 heavy (non-hydrogen) atoms. The molecule has 0 unspecified atom stereocenters. The normalized spacial score (nSPS) is 18.2. The molecule has 9 heteroatoms. The molecule has 0 radical (unpaired) electrons. The summed E-state index contributed by atoms with van der Waals surface area (Å²) < 4.78 is 45.6. The van der Waals surface area contributed by atoms with E-state index in [-0.39, 0.29) is 11.7 Å². The maximum Gasteiger partial charge on any atom is 0.417 e. The largest absolute Gasteiger partial charge is 0.473 e. The molecule has 6 nitrogen and oxygen atoms in total. The van der Waals surface area contributed by atoms with Gasteiger partial charge in [0.15, 0.2) is 5.82 Å². The molecular formula is C22H25F3N4O2. The van der Waals surface area contributed by atoms with E-state index in [1.165, 1.54) is 42.4 Å². The fraction of sp³-hybridized carbons (Fsp3) is 0.500. The van der Waals surface area contributed by atoms with E-state index < -0.39 is 17.6 Å². The third-order valence-corrected chi connectivity index (χ3v) is 5.82. The predicted molar refractivity (Wildman–Crippen MR) is 109 cm³/mol. The number of hydrogen-bond acceptors (Lipinski definition) is 5. The summed E-state index contributed by atoms with van der Waals surface area (Å²) in [5.41, 5.74) is -1.21. The standard InChI is InChI=1S/C22H25F3N4O2/c23-22(24,25)18-9-5-4-8-17(18)21(30)29-14-12-28(13-15-29)19-10-11-20(27-26-19)31-16-6-2-1-3-7-16/h4-5,8-11,16H,1-3,6-7,12-15H2. The molecule has 1 aliphatic carbocycles. The summed E-state index contributed by atoms with van der Waals surface area (Å²) in [5, 5.41) is 8.41. The van der Waals surface area contributed by atoms with E-state index >= 15 is 0 Å². The molecule has 166 valence electrons. The average Bonchev–Trinajstić information content (AvgIpc) is 2.79. The van der Waals surface area contributed by atoms with E-state index in [2.05, 4.69) is 10.2 Å². The molecule has 0 atom stereocenters. The van der Waals surface area contributed by atoms with Crippen molar-refractivity contribution in [2.75, 3.05) is 31.1 Å². The molecule has 2 heterocycles. The summed E-state index contributed by atoms with van der Waals surface area (Å²) in [6, 6.07) is 8.54. The molecule has 2 fully saturated rings. The van der Waals surface area contributed by atoms with Gasteiger partial charge < -0.3 is 14.5 Å². The number of nitrogens with zero attached hydrogens (tertiary/aromatic N) is 4. The van der Waals surface area contributed by atoms with Gasteiger partial charge in [0.1, 0.15) is 6.10 Å². The molecule has 1 amide bonds. The van der Waals surface area contributed by atoms with Crippen LogP contribution < -0.4 is 9.64 Å². The monoisotopic (exact) mass is 434 g/mol. The summed E-state index contributed by atoms with van der Waals surface area (Å²) in [6.45, 7) is 1.56. The molecule has 1 aromatic heterocycles. The summed E-state index contributed by atoms with van der Waals surface area (Å²) in [6.07, 6.45) is 1.31. The van der Waals surface area contributed by atoms with Gasteiger partial charge in [-0.2, -0.15) is 13.2 Å². The third kappa shape index (κ3) is 5.08. The van der Waals surface area contributed by atoms with Crippen molar-refractivity contribution in [3.8, 4) is 5.88 Å². The van der Waals surface area contributed by atoms with Gasteiger partial charge >= 0.3 is 6.18 Å². The first-order valence-electron chi connectivity index (χ1n) is 10.6. The fourth-order valence-electron chi connectivity index (χ4n) is 4.12. The van der Waals surface area contributed by atoms with Gasteiger partial charge in [0.2, 0.25) is 5.88 Å². The van der Waals surface area contributed by atoms with Crippen LogP contribution in [-0.2, 0) is 6.18 Å². The first-order chi connectivity index (χ1) is 14.9. The first-order valence-corrected chi connectivity index (χ1v) is 10.6. The highest BCUT2D eigenvalue weighted by Crippen LogP contribution is 2.32. The number of amides is 1. The van der Waals surface area contributed by atoms with Crippen LogP contribution in [-0.4, -0.2) is 53.3 Å². The Morgan fingerprint density at radius 1 is 0.935 bits per heavy atom. The number of halogens is 3. The smallest absolute Gasteiger partial charge is 0.417 e. The molecule has 1 saturated carbocycles. The fourth-order valence-corrected chi connectivity index (χ4v) is 4.12. The van der Waals surface area contributed by atoms with Crippen LogP contribution in [0.15, 0.2) is 36.4 Å². The van der Waals surface area contributed by atoms with E-state index in [1.54, 1.807) is 6.07 Å². The van der Waals surface area contributed by atoms with Crippen LogP contribution in [0.1, 0.15) is 48.0 Å². The van der Waals surface area contributed by atoms with Gasteiger partial charge in [0.05, 0.1) is 11.1 Å². The zero-order chi connectivity index (χ0) is 21.8. The number of hydrogen-bond donors (Lipinski definition) is 0. The Morgan fingerprint density at radius 2 is 1.65 bits per heavy atom. The second-order valence-electron chi connectivity index (χ2n) is 7.93. The maximum absolute atomic E-state index is 13.2. The second kappa shape index (κ2) is 9.11. The van der Waals surface area contributed by atoms with Crippen molar-refractivity contribution >= 4 is 11.7 Å². The molecule has 1 aliphatic heterocycles. The molecular weight excluding hydrogens is 409 g/mol. The maximum atomic E-state index is 13.2. The Bertz CT molecular complexity index is 890. The Kier molecular flexibility index (Phi) is 6.29.